The normalized spacial score (nSPS) is 10.9. The lowest BCUT2D eigenvalue weighted by atomic mass is 9.95. The van der Waals surface area contributed by atoms with Crippen molar-refractivity contribution in [3.8, 4) is 17.2 Å². The second-order valence-electron chi connectivity index (χ2n) is 8.09. The first kappa shape index (κ1) is 25.3. The van der Waals surface area contributed by atoms with Gasteiger partial charge in [-0.1, -0.05) is 31.0 Å². The number of benzene rings is 3. The highest BCUT2D eigenvalue weighted by atomic mass is 35.5. The SMILES string of the molecule is CCCc1c(Cc2c(F)cccc2Cl)c(=O)oc2cc(OC(=O)c3cc(OC)ccc3OC)ccc12. The monoisotopic (exact) mass is 510 g/mol. The molecule has 4 rings (SSSR count). The van der Waals surface area contributed by atoms with Crippen molar-refractivity contribution in [3.63, 3.8) is 0 Å². The molecule has 3 aromatic carbocycles. The molecule has 0 spiro atoms. The molecule has 0 aliphatic carbocycles. The Morgan fingerprint density at radius 3 is 2.44 bits per heavy atom. The quantitative estimate of drug-likeness (QED) is 0.156. The van der Waals surface area contributed by atoms with E-state index in [1.54, 1.807) is 30.3 Å². The molecule has 0 atom stereocenters. The summed E-state index contributed by atoms with van der Waals surface area (Å²) in [6.07, 6.45) is 1.33. The van der Waals surface area contributed by atoms with E-state index in [1.165, 1.54) is 38.5 Å². The van der Waals surface area contributed by atoms with E-state index in [0.717, 1.165) is 12.0 Å². The van der Waals surface area contributed by atoms with Crippen molar-refractivity contribution in [1.82, 2.24) is 0 Å². The van der Waals surface area contributed by atoms with Gasteiger partial charge in [-0.25, -0.2) is 14.0 Å². The number of carbonyl (C=O) groups is 1. The summed E-state index contributed by atoms with van der Waals surface area (Å²) in [6.45, 7) is 1.98. The second-order valence-corrected chi connectivity index (χ2v) is 8.49. The fourth-order valence-corrected chi connectivity index (χ4v) is 4.30. The van der Waals surface area contributed by atoms with Crippen molar-refractivity contribution >= 4 is 28.5 Å². The van der Waals surface area contributed by atoms with Crippen LogP contribution in [0.15, 0.2) is 63.8 Å². The van der Waals surface area contributed by atoms with E-state index >= 15 is 0 Å². The third-order valence-corrected chi connectivity index (χ3v) is 6.20. The van der Waals surface area contributed by atoms with Gasteiger partial charge >= 0.3 is 11.6 Å². The summed E-state index contributed by atoms with van der Waals surface area (Å²) in [4.78, 5) is 25.9. The summed E-state index contributed by atoms with van der Waals surface area (Å²) in [7, 11) is 2.94. The van der Waals surface area contributed by atoms with Gasteiger partial charge in [0.05, 0.1) is 14.2 Å². The van der Waals surface area contributed by atoms with Gasteiger partial charge in [0.2, 0.25) is 0 Å². The third kappa shape index (κ3) is 5.06. The van der Waals surface area contributed by atoms with Gasteiger partial charge in [-0.15, -0.1) is 0 Å². The summed E-state index contributed by atoms with van der Waals surface area (Å²) < 4.78 is 36.0. The predicted molar refractivity (Wildman–Crippen MR) is 135 cm³/mol. The van der Waals surface area contributed by atoms with Crippen LogP contribution in [0.2, 0.25) is 5.02 Å². The number of esters is 1. The zero-order valence-electron chi connectivity index (χ0n) is 20.0. The molecule has 4 aromatic rings. The molecule has 8 heteroatoms. The molecule has 0 saturated carbocycles. The van der Waals surface area contributed by atoms with Crippen LogP contribution in [0.1, 0.15) is 40.4 Å². The van der Waals surface area contributed by atoms with Gasteiger partial charge in [-0.2, -0.15) is 0 Å². The van der Waals surface area contributed by atoms with Gasteiger partial charge in [0, 0.05) is 34.0 Å². The minimum absolute atomic E-state index is 0.00544. The lowest BCUT2D eigenvalue weighted by Gasteiger charge is -2.14. The molecule has 1 heterocycles. The summed E-state index contributed by atoms with van der Waals surface area (Å²) in [6, 6.07) is 14.0. The first-order valence-electron chi connectivity index (χ1n) is 11.3. The molecule has 1 aromatic heterocycles. The van der Waals surface area contributed by atoms with Gasteiger partial charge in [0.15, 0.2) is 0 Å². The number of hydrogen-bond acceptors (Lipinski definition) is 6. The number of hydrogen-bond donors (Lipinski definition) is 0. The molecular formula is C28H24ClFO6. The average molecular weight is 511 g/mol. The Labute approximate surface area is 212 Å². The third-order valence-electron chi connectivity index (χ3n) is 5.84. The minimum Gasteiger partial charge on any atom is -0.497 e. The van der Waals surface area contributed by atoms with E-state index in [4.69, 9.17) is 30.2 Å². The number of ether oxygens (including phenoxy) is 3. The van der Waals surface area contributed by atoms with Gasteiger partial charge in [0.1, 0.15) is 34.2 Å². The Morgan fingerprint density at radius 2 is 1.75 bits per heavy atom. The summed E-state index contributed by atoms with van der Waals surface area (Å²) >= 11 is 6.20. The zero-order valence-corrected chi connectivity index (χ0v) is 20.8. The molecule has 36 heavy (non-hydrogen) atoms. The molecular weight excluding hydrogens is 487 g/mol. The molecule has 0 aliphatic rings. The van der Waals surface area contributed by atoms with E-state index in [1.807, 2.05) is 6.92 Å². The molecule has 0 radical (unpaired) electrons. The molecule has 0 bridgehead atoms. The Bertz CT molecular complexity index is 1470. The lowest BCUT2D eigenvalue weighted by Crippen LogP contribution is -2.14. The van der Waals surface area contributed by atoms with Gasteiger partial charge in [0.25, 0.3) is 0 Å². The molecule has 0 amide bonds. The molecule has 186 valence electrons. The van der Waals surface area contributed by atoms with Crippen molar-refractivity contribution < 1.29 is 27.8 Å². The Kier molecular flexibility index (Phi) is 7.60. The highest BCUT2D eigenvalue weighted by molar-refractivity contribution is 6.31. The van der Waals surface area contributed by atoms with Crippen molar-refractivity contribution in [3.05, 3.63) is 98.1 Å². The van der Waals surface area contributed by atoms with Crippen molar-refractivity contribution in [2.45, 2.75) is 26.2 Å². The second kappa shape index (κ2) is 10.8. The van der Waals surface area contributed by atoms with E-state index < -0.39 is 17.4 Å². The molecule has 0 N–H and O–H groups in total. The van der Waals surface area contributed by atoms with Crippen LogP contribution in [0.4, 0.5) is 4.39 Å². The number of halogens is 2. The van der Waals surface area contributed by atoms with Crippen molar-refractivity contribution in [2.75, 3.05) is 14.2 Å². The fourth-order valence-electron chi connectivity index (χ4n) is 4.08. The van der Waals surface area contributed by atoms with Crippen LogP contribution in [0, 0.1) is 5.82 Å². The summed E-state index contributed by atoms with van der Waals surface area (Å²) in [5, 5.41) is 0.921. The van der Waals surface area contributed by atoms with Crippen LogP contribution in [0.25, 0.3) is 11.0 Å². The molecule has 0 fully saturated rings. The topological polar surface area (TPSA) is 75.0 Å². The largest absolute Gasteiger partial charge is 0.497 e. The van der Waals surface area contributed by atoms with Gasteiger partial charge in [-0.3, -0.25) is 0 Å². The van der Waals surface area contributed by atoms with Crippen LogP contribution in [-0.4, -0.2) is 20.2 Å². The first-order valence-corrected chi connectivity index (χ1v) is 11.7. The number of aryl methyl sites for hydroxylation is 1. The molecule has 0 aliphatic heterocycles. The van der Waals surface area contributed by atoms with Crippen molar-refractivity contribution in [1.29, 1.82) is 0 Å². The fraction of sp³-hybridized carbons (Fsp3) is 0.214. The van der Waals surface area contributed by atoms with Crippen LogP contribution in [-0.2, 0) is 12.8 Å². The van der Waals surface area contributed by atoms with E-state index in [-0.39, 0.29) is 33.9 Å². The highest BCUT2D eigenvalue weighted by Crippen LogP contribution is 2.30. The van der Waals surface area contributed by atoms with Crippen LogP contribution >= 0.6 is 11.6 Å². The van der Waals surface area contributed by atoms with Crippen molar-refractivity contribution in [2.24, 2.45) is 0 Å². The van der Waals surface area contributed by atoms with Gasteiger partial charge in [-0.05, 0) is 54.4 Å². The number of fused-ring (bicyclic) bond motifs is 1. The zero-order chi connectivity index (χ0) is 25.8. The smallest absolute Gasteiger partial charge is 0.347 e. The predicted octanol–water partition coefficient (Wildman–Crippen LogP) is 6.37. The average Bonchev–Trinajstić information content (AvgIpc) is 2.87. The molecule has 6 nitrogen and oxygen atoms in total. The number of rotatable bonds is 8. The molecule has 0 unspecified atom stereocenters. The number of carbonyl (C=O) groups excluding carboxylic acids is 1. The Morgan fingerprint density at radius 1 is 0.972 bits per heavy atom. The maximum Gasteiger partial charge on any atom is 0.347 e. The Balaban J connectivity index is 1.73. The Hall–Kier alpha value is -3.84. The molecule has 0 saturated heterocycles. The van der Waals surface area contributed by atoms with Gasteiger partial charge < -0.3 is 18.6 Å². The van der Waals surface area contributed by atoms with E-state index in [0.29, 0.717) is 28.9 Å². The summed E-state index contributed by atoms with van der Waals surface area (Å²) in [5.41, 5.74) is 1.18. The highest BCUT2D eigenvalue weighted by Gasteiger charge is 2.20. The van der Waals surface area contributed by atoms with E-state index in [9.17, 15) is 14.0 Å². The first-order chi connectivity index (χ1) is 17.4. The maximum atomic E-state index is 14.4. The standard InChI is InChI=1S/C28H24ClFO6/c1-4-6-18-19-11-9-17(35-28(32)22-13-16(33-2)10-12-25(22)34-3)14-26(19)36-27(31)20(18)15-21-23(29)7-5-8-24(21)30/h5,7-14H,4,6,15H2,1-3H3. The van der Waals surface area contributed by atoms with Crippen LogP contribution < -0.4 is 19.8 Å². The minimum atomic E-state index is -0.660. The van der Waals surface area contributed by atoms with Crippen LogP contribution in [0.3, 0.4) is 0 Å². The lowest BCUT2D eigenvalue weighted by molar-refractivity contribution is 0.0731. The maximum absolute atomic E-state index is 14.4. The van der Waals surface area contributed by atoms with E-state index in [2.05, 4.69) is 0 Å². The number of methoxy groups -OCH3 is 2. The summed E-state index contributed by atoms with van der Waals surface area (Å²) in [5.74, 6) is -0.159. The van der Waals surface area contributed by atoms with Crippen LogP contribution in [0.5, 0.6) is 17.2 Å².